The number of aryl methyl sites for hydroxylation is 1. The first-order valence-corrected chi connectivity index (χ1v) is 10.8. The molecule has 0 spiro atoms. The number of hydrogen-bond acceptors (Lipinski definition) is 5. The van der Waals surface area contributed by atoms with Gasteiger partial charge in [-0.1, -0.05) is 41.9 Å². The van der Waals surface area contributed by atoms with Gasteiger partial charge < -0.3 is 14.5 Å². The third kappa shape index (κ3) is 5.46. The maximum absolute atomic E-state index is 12.4. The number of carbonyl (C=O) groups excluding carboxylic acids is 1. The smallest absolute Gasteiger partial charge is 0.232 e. The number of aromatic nitrogens is 1. The fourth-order valence-corrected chi connectivity index (χ4v) is 4.04. The molecule has 0 unspecified atom stereocenters. The summed E-state index contributed by atoms with van der Waals surface area (Å²) in [5.41, 5.74) is 2.07. The Balaban J connectivity index is 1.58. The van der Waals surface area contributed by atoms with Crippen molar-refractivity contribution >= 4 is 28.3 Å². The van der Waals surface area contributed by atoms with Gasteiger partial charge in [0.2, 0.25) is 11.8 Å². The summed E-state index contributed by atoms with van der Waals surface area (Å²) in [6.45, 7) is 2.06. The van der Waals surface area contributed by atoms with E-state index in [4.69, 9.17) is 20.8 Å². The number of rotatable bonds is 8. The number of methoxy groups -OCH3 is 1. The fraction of sp³-hybridized carbons (Fsp3) is 0.238. The number of oxazole rings is 1. The molecule has 0 bridgehead atoms. The van der Waals surface area contributed by atoms with Gasteiger partial charge in [-0.2, -0.15) is 0 Å². The molecule has 0 radical (unpaired) electrons. The van der Waals surface area contributed by atoms with Gasteiger partial charge in [0.05, 0.1) is 29.1 Å². The first-order valence-electron chi connectivity index (χ1n) is 8.92. The van der Waals surface area contributed by atoms with Crippen molar-refractivity contribution in [3.8, 4) is 17.2 Å². The maximum atomic E-state index is 12.4. The van der Waals surface area contributed by atoms with Crippen molar-refractivity contribution in [2.75, 3.05) is 12.9 Å². The van der Waals surface area contributed by atoms with Crippen molar-refractivity contribution in [2.24, 2.45) is 0 Å². The van der Waals surface area contributed by atoms with Gasteiger partial charge in [0.15, 0.2) is 0 Å². The minimum atomic E-state index is -1.42. The van der Waals surface area contributed by atoms with E-state index in [0.717, 1.165) is 5.56 Å². The van der Waals surface area contributed by atoms with Crippen molar-refractivity contribution in [2.45, 2.75) is 19.2 Å². The molecule has 0 saturated carbocycles. The lowest BCUT2D eigenvalue weighted by atomic mass is 10.2. The van der Waals surface area contributed by atoms with Crippen LogP contribution < -0.4 is 10.1 Å². The molecule has 29 heavy (non-hydrogen) atoms. The van der Waals surface area contributed by atoms with Crippen molar-refractivity contribution in [3.63, 3.8) is 0 Å². The summed E-state index contributed by atoms with van der Waals surface area (Å²) in [4.78, 5) is 16.6. The van der Waals surface area contributed by atoms with E-state index in [1.54, 1.807) is 26.2 Å². The van der Waals surface area contributed by atoms with Gasteiger partial charge in [0.25, 0.3) is 0 Å². The Bertz CT molecular complexity index is 1040. The molecule has 6 nitrogen and oxygen atoms in total. The topological polar surface area (TPSA) is 81.4 Å². The van der Waals surface area contributed by atoms with Crippen LogP contribution in [0.2, 0.25) is 5.02 Å². The molecule has 8 heteroatoms. The van der Waals surface area contributed by atoms with Crippen LogP contribution in [0.15, 0.2) is 52.9 Å². The van der Waals surface area contributed by atoms with Gasteiger partial charge in [0, 0.05) is 22.9 Å². The predicted molar refractivity (Wildman–Crippen MR) is 113 cm³/mol. The number of hydrogen-bond donors (Lipinski definition) is 1. The second-order valence-electron chi connectivity index (χ2n) is 6.32. The van der Waals surface area contributed by atoms with E-state index >= 15 is 0 Å². The van der Waals surface area contributed by atoms with Crippen LogP contribution in [0.25, 0.3) is 11.5 Å². The minimum absolute atomic E-state index is 0.122. The number of nitrogens with zero attached hydrogens (tertiary/aromatic N) is 1. The van der Waals surface area contributed by atoms with E-state index in [-0.39, 0.29) is 17.4 Å². The summed E-state index contributed by atoms with van der Waals surface area (Å²) in [5.74, 6) is 1.33. The van der Waals surface area contributed by atoms with Crippen LogP contribution in [0.3, 0.4) is 0 Å². The van der Waals surface area contributed by atoms with E-state index in [1.807, 2.05) is 36.4 Å². The number of halogens is 1. The first kappa shape index (κ1) is 21.1. The summed E-state index contributed by atoms with van der Waals surface area (Å²) >= 11 is 6.18. The molecule has 0 aliphatic heterocycles. The highest BCUT2D eigenvalue weighted by molar-refractivity contribution is 7.84. The lowest BCUT2D eigenvalue weighted by molar-refractivity contribution is -0.118. The Labute approximate surface area is 176 Å². The van der Waals surface area contributed by atoms with Gasteiger partial charge in [-0.05, 0) is 25.1 Å². The minimum Gasteiger partial charge on any atom is -0.496 e. The quantitative estimate of drug-likeness (QED) is 0.584. The molecule has 1 N–H and O–H groups in total. The Morgan fingerprint density at radius 3 is 2.69 bits per heavy atom. The number of benzene rings is 2. The van der Waals surface area contributed by atoms with Crippen molar-refractivity contribution < 1.29 is 18.2 Å². The number of para-hydroxylation sites is 1. The molecule has 0 aliphatic rings. The van der Waals surface area contributed by atoms with E-state index < -0.39 is 10.8 Å². The molecule has 1 amide bonds. The van der Waals surface area contributed by atoms with Crippen molar-refractivity contribution in [1.82, 2.24) is 10.3 Å². The average Bonchev–Trinajstić information content (AvgIpc) is 3.06. The van der Waals surface area contributed by atoms with Crippen LogP contribution in [0.1, 0.15) is 17.0 Å². The van der Waals surface area contributed by atoms with Gasteiger partial charge in [-0.25, -0.2) is 4.98 Å². The standard InChI is InChI=1S/C21H21ClN2O4S/c1-14-18(24-21(28-14)16-8-4-5-9-17(16)22)12-29(26)13-20(25)23-11-15-7-3-6-10-19(15)27-2/h3-10H,11-13H2,1-2H3,(H,23,25)/t29-/m1/s1. The Morgan fingerprint density at radius 1 is 1.21 bits per heavy atom. The van der Waals surface area contributed by atoms with Gasteiger partial charge in [0.1, 0.15) is 17.3 Å². The summed E-state index contributed by atoms with van der Waals surface area (Å²) < 4.78 is 23.4. The summed E-state index contributed by atoms with van der Waals surface area (Å²) in [6.07, 6.45) is 0. The number of nitrogens with one attached hydrogen (secondary N) is 1. The number of carbonyl (C=O) groups is 1. The second-order valence-corrected chi connectivity index (χ2v) is 8.18. The van der Waals surface area contributed by atoms with E-state index in [2.05, 4.69) is 10.3 Å². The Morgan fingerprint density at radius 2 is 1.93 bits per heavy atom. The third-order valence-corrected chi connectivity index (χ3v) is 5.76. The zero-order valence-electron chi connectivity index (χ0n) is 16.1. The molecule has 2 aromatic carbocycles. The molecule has 152 valence electrons. The summed E-state index contributed by atoms with van der Waals surface area (Å²) in [6, 6.07) is 14.6. The van der Waals surface area contributed by atoms with Crippen molar-refractivity contribution in [1.29, 1.82) is 0 Å². The van der Waals surface area contributed by atoms with Crippen molar-refractivity contribution in [3.05, 3.63) is 70.6 Å². The van der Waals surface area contributed by atoms with Crippen LogP contribution in [0.4, 0.5) is 0 Å². The van der Waals surface area contributed by atoms with E-state index in [0.29, 0.717) is 40.2 Å². The lowest BCUT2D eigenvalue weighted by Gasteiger charge is -2.09. The molecule has 3 rings (SSSR count). The number of amides is 1. The third-order valence-electron chi connectivity index (χ3n) is 4.26. The average molecular weight is 433 g/mol. The van der Waals surface area contributed by atoms with Gasteiger partial charge in [-0.15, -0.1) is 0 Å². The maximum Gasteiger partial charge on any atom is 0.232 e. The number of ether oxygens (including phenoxy) is 1. The molecule has 0 aliphatic carbocycles. The second kappa shape index (κ2) is 9.71. The highest BCUT2D eigenvalue weighted by atomic mass is 35.5. The summed E-state index contributed by atoms with van der Waals surface area (Å²) in [5, 5.41) is 3.30. The SMILES string of the molecule is COc1ccccc1CNC(=O)C[S@](=O)Cc1nc(-c2ccccc2Cl)oc1C. The van der Waals surface area contributed by atoms with Crippen LogP contribution >= 0.6 is 11.6 Å². The van der Waals surface area contributed by atoms with Crippen LogP contribution in [-0.2, 0) is 27.9 Å². The largest absolute Gasteiger partial charge is 0.496 e. The predicted octanol–water partition coefficient (Wildman–Crippen LogP) is 3.88. The summed E-state index contributed by atoms with van der Waals surface area (Å²) in [7, 11) is 0.153. The van der Waals surface area contributed by atoms with Gasteiger partial charge >= 0.3 is 0 Å². The molecule has 0 fully saturated rings. The van der Waals surface area contributed by atoms with E-state index in [1.165, 1.54) is 0 Å². The highest BCUT2D eigenvalue weighted by Gasteiger charge is 2.17. The highest BCUT2D eigenvalue weighted by Crippen LogP contribution is 2.28. The fourth-order valence-electron chi connectivity index (χ4n) is 2.76. The van der Waals surface area contributed by atoms with Gasteiger partial charge in [-0.3, -0.25) is 9.00 Å². The molecule has 1 aromatic heterocycles. The molecular weight excluding hydrogens is 412 g/mol. The Hall–Kier alpha value is -2.64. The monoisotopic (exact) mass is 432 g/mol. The Kier molecular flexibility index (Phi) is 7.06. The van der Waals surface area contributed by atoms with Crippen LogP contribution in [0, 0.1) is 6.92 Å². The lowest BCUT2D eigenvalue weighted by Crippen LogP contribution is -2.28. The first-order chi connectivity index (χ1) is 14.0. The van der Waals surface area contributed by atoms with Crippen LogP contribution in [0.5, 0.6) is 5.75 Å². The molecule has 1 heterocycles. The normalized spacial score (nSPS) is 11.8. The molecular formula is C21H21ClN2O4S. The van der Waals surface area contributed by atoms with Crippen LogP contribution in [-0.4, -0.2) is 28.0 Å². The molecule has 3 aromatic rings. The molecule has 0 saturated heterocycles. The molecule has 1 atom stereocenters. The zero-order valence-corrected chi connectivity index (χ0v) is 17.7. The zero-order chi connectivity index (χ0) is 20.8. The van der Waals surface area contributed by atoms with E-state index in [9.17, 15) is 9.00 Å².